The Bertz CT molecular complexity index is 1370. The lowest BCUT2D eigenvalue weighted by Crippen LogP contribution is -2.54. The molecule has 0 radical (unpaired) electrons. The second-order valence-electron chi connectivity index (χ2n) is 9.22. The molecular weight excluding hydrogens is 494 g/mol. The maximum absolute atomic E-state index is 13.1. The third kappa shape index (κ3) is 4.41. The summed E-state index contributed by atoms with van der Waals surface area (Å²) in [5.74, 6) is 5.81. The minimum Gasteiger partial charge on any atom is -0.497 e. The Balaban J connectivity index is 1.48. The quantitative estimate of drug-likeness (QED) is 0.363. The highest BCUT2D eigenvalue weighted by atomic mass is 16.5. The lowest BCUT2D eigenvalue weighted by atomic mass is 9.99. The van der Waals surface area contributed by atoms with Crippen molar-refractivity contribution in [2.45, 2.75) is 37.3 Å². The number of methoxy groups -OCH3 is 2. The Morgan fingerprint density at radius 1 is 1.18 bits per heavy atom. The predicted octanol–water partition coefficient (Wildman–Crippen LogP) is -0.672. The number of hydrogen-bond donors (Lipinski definition) is 4. The van der Waals surface area contributed by atoms with E-state index >= 15 is 0 Å². The molecule has 12 heteroatoms. The van der Waals surface area contributed by atoms with Gasteiger partial charge in [-0.3, -0.25) is 19.3 Å². The highest BCUT2D eigenvalue weighted by Crippen LogP contribution is 2.30. The van der Waals surface area contributed by atoms with Crippen molar-refractivity contribution < 1.29 is 34.1 Å². The first-order chi connectivity index (χ1) is 18.3. The molecule has 2 saturated heterocycles. The van der Waals surface area contributed by atoms with Gasteiger partial charge < -0.3 is 29.9 Å². The maximum atomic E-state index is 13.1. The van der Waals surface area contributed by atoms with E-state index in [1.165, 1.54) is 24.0 Å². The van der Waals surface area contributed by atoms with Gasteiger partial charge in [-0.2, -0.15) is 0 Å². The third-order valence-electron chi connectivity index (χ3n) is 6.90. The number of anilines is 1. The third-order valence-corrected chi connectivity index (χ3v) is 6.90. The first kappa shape index (κ1) is 25.5. The molecule has 5 rings (SSSR count). The molecule has 0 saturated carbocycles. The molecule has 4 heterocycles. The number of carbonyl (C=O) groups is 3. The van der Waals surface area contributed by atoms with Crippen LogP contribution in [0, 0.1) is 11.8 Å². The molecule has 3 unspecified atom stereocenters. The second kappa shape index (κ2) is 9.94. The zero-order valence-electron chi connectivity index (χ0n) is 20.9. The lowest BCUT2D eigenvalue weighted by Gasteiger charge is -2.27. The van der Waals surface area contributed by atoms with Gasteiger partial charge >= 0.3 is 0 Å². The van der Waals surface area contributed by atoms with E-state index in [0.29, 0.717) is 35.7 Å². The van der Waals surface area contributed by atoms with Gasteiger partial charge in [-0.25, -0.2) is 10.3 Å². The van der Waals surface area contributed by atoms with Gasteiger partial charge in [0.1, 0.15) is 11.6 Å². The number of aliphatic hydroxyl groups excluding tert-OH is 2. The molecule has 4 N–H and O–H groups in total. The van der Waals surface area contributed by atoms with Crippen LogP contribution in [0.15, 0.2) is 30.3 Å². The molecule has 3 aliphatic heterocycles. The van der Waals surface area contributed by atoms with Gasteiger partial charge in [0.25, 0.3) is 11.8 Å². The number of fused-ring (bicyclic) bond motifs is 1. The normalized spacial score (nSPS) is 24.3. The van der Waals surface area contributed by atoms with Gasteiger partial charge in [0, 0.05) is 18.5 Å². The van der Waals surface area contributed by atoms with Crippen molar-refractivity contribution in [1.29, 1.82) is 0 Å². The Kier molecular flexibility index (Phi) is 6.66. The first-order valence-electron chi connectivity index (χ1n) is 12.0. The molecule has 0 bridgehead atoms. The fraction of sp³-hybridized carbons (Fsp3) is 0.385. The van der Waals surface area contributed by atoms with Crippen molar-refractivity contribution in [1.82, 2.24) is 20.5 Å². The van der Waals surface area contributed by atoms with E-state index in [0.717, 1.165) is 5.56 Å². The summed E-state index contributed by atoms with van der Waals surface area (Å²) in [5, 5.41) is 25.0. The van der Waals surface area contributed by atoms with Gasteiger partial charge in [0.15, 0.2) is 23.3 Å². The van der Waals surface area contributed by atoms with Crippen molar-refractivity contribution in [2.75, 3.05) is 32.3 Å². The molecule has 3 amide bonds. The molecule has 0 spiro atoms. The maximum Gasteiger partial charge on any atom is 0.257 e. The molecule has 198 valence electrons. The predicted molar refractivity (Wildman–Crippen MR) is 133 cm³/mol. The van der Waals surface area contributed by atoms with Gasteiger partial charge in [-0.1, -0.05) is 12.0 Å². The van der Waals surface area contributed by atoms with E-state index in [4.69, 9.17) is 9.47 Å². The van der Waals surface area contributed by atoms with Crippen molar-refractivity contribution in [3.05, 3.63) is 47.2 Å². The van der Waals surface area contributed by atoms with Crippen LogP contribution in [-0.2, 0) is 16.1 Å². The van der Waals surface area contributed by atoms with Crippen molar-refractivity contribution >= 4 is 23.5 Å². The number of ether oxygens (including phenoxy) is 2. The van der Waals surface area contributed by atoms with Crippen LogP contribution in [0.4, 0.5) is 5.82 Å². The molecular formula is C26H27N5O7. The van der Waals surface area contributed by atoms with Crippen LogP contribution in [0.1, 0.15) is 34.5 Å². The van der Waals surface area contributed by atoms with E-state index in [1.807, 2.05) is 0 Å². The average molecular weight is 522 g/mol. The largest absolute Gasteiger partial charge is 0.497 e. The van der Waals surface area contributed by atoms with E-state index < -0.39 is 23.8 Å². The Morgan fingerprint density at radius 3 is 2.68 bits per heavy atom. The topological polar surface area (TPSA) is 154 Å². The van der Waals surface area contributed by atoms with E-state index in [2.05, 4.69) is 27.5 Å². The molecule has 3 aliphatic rings. The zero-order valence-corrected chi connectivity index (χ0v) is 20.9. The van der Waals surface area contributed by atoms with Crippen LogP contribution in [-0.4, -0.2) is 83.1 Å². The number of aliphatic hydroxyl groups is 2. The number of pyridine rings is 1. The van der Waals surface area contributed by atoms with Crippen molar-refractivity contribution in [2.24, 2.45) is 0 Å². The number of aromatic nitrogens is 1. The van der Waals surface area contributed by atoms with Gasteiger partial charge in [0.05, 0.1) is 33.4 Å². The minimum absolute atomic E-state index is 0.150. The molecule has 1 aromatic carbocycles. The van der Waals surface area contributed by atoms with Gasteiger partial charge in [0.2, 0.25) is 5.91 Å². The molecule has 3 atom stereocenters. The molecule has 2 aromatic rings. The summed E-state index contributed by atoms with van der Waals surface area (Å²) >= 11 is 0. The summed E-state index contributed by atoms with van der Waals surface area (Å²) in [6, 6.07) is 8.00. The highest BCUT2D eigenvalue weighted by molar-refractivity contribution is 6.00. The van der Waals surface area contributed by atoms with E-state index in [-0.39, 0.29) is 37.2 Å². The zero-order chi connectivity index (χ0) is 27.0. The summed E-state index contributed by atoms with van der Waals surface area (Å²) in [4.78, 5) is 46.0. The average Bonchev–Trinajstić information content (AvgIpc) is 3.54. The lowest BCUT2D eigenvalue weighted by molar-refractivity contribution is -0.123. The molecule has 1 aromatic heterocycles. The summed E-state index contributed by atoms with van der Waals surface area (Å²) in [6.45, 7) is -0.106. The highest BCUT2D eigenvalue weighted by Gasteiger charge is 2.48. The molecule has 12 nitrogen and oxygen atoms in total. The van der Waals surface area contributed by atoms with Crippen LogP contribution in [0.25, 0.3) is 0 Å². The monoisotopic (exact) mass is 521 g/mol. The summed E-state index contributed by atoms with van der Waals surface area (Å²) in [6.07, 6.45) is -0.568. The Labute approximate surface area is 218 Å². The smallest absolute Gasteiger partial charge is 0.257 e. The summed E-state index contributed by atoms with van der Waals surface area (Å²) < 4.78 is 10.6. The van der Waals surface area contributed by atoms with Crippen molar-refractivity contribution in [3.63, 3.8) is 0 Å². The fourth-order valence-electron chi connectivity index (χ4n) is 4.93. The Morgan fingerprint density at radius 2 is 2.00 bits per heavy atom. The number of amides is 3. The fourth-order valence-corrected chi connectivity index (χ4v) is 4.93. The standard InChI is InChI=1S/C26H27N5O7/c1-37-17-5-3-15-12-30(23(34)18(15)11-17)14-26(24(35)28-25(36)29-26)10-9-19-20(38-2)6-7-21(27-19)31-16(13-32)4-8-22(31)33/h3,5-7,11,16,25,29,32,36H,4,8,12-14H2,1-2H3,(H,28,35). The van der Waals surface area contributed by atoms with Crippen LogP contribution in [0.5, 0.6) is 11.5 Å². The number of carbonyl (C=O) groups excluding carboxylic acids is 3. The van der Waals surface area contributed by atoms with Gasteiger partial charge in [-0.15, -0.1) is 0 Å². The summed E-state index contributed by atoms with van der Waals surface area (Å²) in [7, 11) is 2.95. The van der Waals surface area contributed by atoms with E-state index in [9.17, 15) is 24.6 Å². The number of nitrogens with zero attached hydrogens (tertiary/aromatic N) is 3. The minimum atomic E-state index is -1.65. The van der Waals surface area contributed by atoms with Crippen molar-refractivity contribution in [3.8, 4) is 23.3 Å². The first-order valence-corrected chi connectivity index (χ1v) is 12.0. The summed E-state index contributed by atoms with van der Waals surface area (Å²) in [5.41, 5.74) is -0.252. The Hall–Kier alpha value is -4.18. The number of rotatable bonds is 6. The SMILES string of the molecule is COc1ccc2c(c1)C(=O)N(CC1(C#Cc3nc(N4C(=O)CCC4CO)ccc3OC)NC(O)NC1=O)C2. The number of benzene rings is 1. The van der Waals surface area contributed by atoms with Crippen LogP contribution < -0.4 is 25.0 Å². The number of hydrogen-bond acceptors (Lipinski definition) is 9. The van der Waals surface area contributed by atoms with E-state index in [1.54, 1.807) is 30.3 Å². The van der Waals surface area contributed by atoms with Crippen LogP contribution in [0.3, 0.4) is 0 Å². The second-order valence-corrected chi connectivity index (χ2v) is 9.22. The van der Waals surface area contributed by atoms with Gasteiger partial charge in [-0.05, 0) is 42.2 Å². The van der Waals surface area contributed by atoms with Crippen LogP contribution >= 0.6 is 0 Å². The number of nitrogens with one attached hydrogen (secondary N) is 2. The molecule has 38 heavy (non-hydrogen) atoms. The molecule has 2 fully saturated rings. The van der Waals surface area contributed by atoms with Crippen LogP contribution in [0.2, 0.25) is 0 Å². The molecule has 0 aliphatic carbocycles.